The first-order valence-corrected chi connectivity index (χ1v) is 17.4. The smallest absolute Gasteiger partial charge is 0.190 e. The molecule has 1 aliphatic rings. The maximum atomic E-state index is 10.9. The van der Waals surface area contributed by atoms with E-state index in [1.807, 2.05) is 12.3 Å². The van der Waals surface area contributed by atoms with Crippen molar-refractivity contribution in [2.24, 2.45) is 0 Å². The van der Waals surface area contributed by atoms with Crippen LogP contribution in [0.5, 0.6) is 5.75 Å². The number of hydrogen-bond donors (Lipinski definition) is 1. The molecule has 0 bridgehead atoms. The summed E-state index contributed by atoms with van der Waals surface area (Å²) in [5.74, 6) is 2.05. The fourth-order valence-electron chi connectivity index (χ4n) is 6.75. The Hall–Kier alpha value is -3.99. The number of phenols is 1. The maximum Gasteiger partial charge on any atom is 0.190 e. The first-order chi connectivity index (χ1) is 20.1. The Labute approximate surface area is 266 Å². The summed E-state index contributed by atoms with van der Waals surface area (Å²) < 4.78 is 4.63. The van der Waals surface area contributed by atoms with E-state index in [1.54, 1.807) is 6.07 Å². The standard InChI is InChI=1S/C36H31N4OSi.Pt/c1-36(2,3)23-18-19-37-32(21-23)39-27-12-7-6-10-25(27)26-17-16-22(20-29(26)39)24-11-8-13-28-34(24)38-35-33-30(41)14-9-15-31(33)42(4,5)40(28)35;/h6-19,21,41H,1-5H3;/q-1;. The van der Waals surface area contributed by atoms with Crippen LogP contribution in [0.15, 0.2) is 91.1 Å². The van der Waals surface area contributed by atoms with E-state index >= 15 is 0 Å². The number of para-hydroxylation sites is 2. The van der Waals surface area contributed by atoms with Crippen LogP contribution in [0.3, 0.4) is 0 Å². The Morgan fingerprint density at radius 1 is 0.837 bits per heavy atom. The van der Waals surface area contributed by atoms with Crippen LogP contribution in [0.25, 0.3) is 61.2 Å². The van der Waals surface area contributed by atoms with Crippen molar-refractivity contribution in [1.82, 2.24) is 18.8 Å². The molecule has 216 valence electrons. The largest absolute Gasteiger partial charge is 0.507 e. The van der Waals surface area contributed by atoms with Gasteiger partial charge in [0.1, 0.15) is 17.4 Å². The summed E-state index contributed by atoms with van der Waals surface area (Å²) in [6.07, 6.45) is 1.91. The van der Waals surface area contributed by atoms with E-state index in [2.05, 4.69) is 122 Å². The molecule has 0 amide bonds. The van der Waals surface area contributed by atoms with Crippen molar-refractivity contribution in [2.75, 3.05) is 0 Å². The molecule has 3 aromatic heterocycles. The van der Waals surface area contributed by atoms with Gasteiger partial charge in [0.25, 0.3) is 0 Å². The topological polar surface area (TPSA) is 55.9 Å². The Morgan fingerprint density at radius 3 is 2.42 bits per heavy atom. The summed E-state index contributed by atoms with van der Waals surface area (Å²) in [6, 6.07) is 33.2. The van der Waals surface area contributed by atoms with Crippen molar-refractivity contribution in [1.29, 1.82) is 0 Å². The minimum Gasteiger partial charge on any atom is -0.507 e. The molecule has 0 spiro atoms. The van der Waals surface area contributed by atoms with Gasteiger partial charge < -0.3 is 13.9 Å². The predicted octanol–water partition coefficient (Wildman–Crippen LogP) is 7.94. The molecule has 0 saturated carbocycles. The minimum absolute atomic E-state index is 0. The molecular weight excluding hydrogens is 728 g/mol. The Kier molecular flexibility index (Phi) is 6.15. The van der Waals surface area contributed by atoms with E-state index in [-0.39, 0.29) is 26.5 Å². The van der Waals surface area contributed by atoms with Gasteiger partial charge in [-0.15, -0.1) is 23.8 Å². The average molecular weight is 759 g/mol. The molecule has 5 nitrogen and oxygen atoms in total. The molecule has 7 aromatic rings. The summed E-state index contributed by atoms with van der Waals surface area (Å²) in [4.78, 5) is 10.0. The van der Waals surface area contributed by atoms with Crippen LogP contribution in [0, 0.1) is 6.07 Å². The normalized spacial score (nSPS) is 13.8. The quantitative estimate of drug-likeness (QED) is 0.144. The Balaban J connectivity index is 0.00000300. The number of benzene rings is 4. The molecule has 0 atom stereocenters. The number of hydrogen-bond acceptors (Lipinski definition) is 3. The fourth-order valence-corrected chi connectivity index (χ4v) is 9.82. The summed E-state index contributed by atoms with van der Waals surface area (Å²) in [7, 11) is -2.12. The van der Waals surface area contributed by atoms with Crippen LogP contribution < -0.4 is 5.19 Å². The van der Waals surface area contributed by atoms with Crippen molar-refractivity contribution in [3.05, 3.63) is 103 Å². The van der Waals surface area contributed by atoms with Crippen molar-refractivity contribution >= 4 is 46.3 Å². The van der Waals surface area contributed by atoms with Gasteiger partial charge in [0.2, 0.25) is 0 Å². The second kappa shape index (κ2) is 9.50. The SMILES string of the molecule is CC(C)(C)c1ccnc(-n2c3[c-]c(-c4cccc5c4nc4n5[Si](C)(C)c5cccc(O)c5-4)ccc3c3ccccc32)c1.[Pt]. The van der Waals surface area contributed by atoms with Gasteiger partial charge in [-0.1, -0.05) is 74.2 Å². The van der Waals surface area contributed by atoms with Gasteiger partial charge in [-0.3, -0.25) is 0 Å². The molecule has 0 fully saturated rings. The van der Waals surface area contributed by atoms with Gasteiger partial charge in [0, 0.05) is 32.8 Å². The zero-order chi connectivity index (χ0) is 29.0. The zero-order valence-electron chi connectivity index (χ0n) is 24.7. The first-order valence-electron chi connectivity index (χ1n) is 14.4. The van der Waals surface area contributed by atoms with E-state index in [1.165, 1.54) is 16.1 Å². The van der Waals surface area contributed by atoms with Gasteiger partial charge in [-0.25, -0.2) is 9.97 Å². The molecule has 0 aliphatic carbocycles. The summed E-state index contributed by atoms with van der Waals surface area (Å²) in [5, 5.41) is 14.4. The molecular formula is C36H31N4OPtSi-. The minimum atomic E-state index is -2.12. The third-order valence-corrected chi connectivity index (χ3v) is 12.2. The van der Waals surface area contributed by atoms with Crippen LogP contribution in [0.2, 0.25) is 13.1 Å². The zero-order valence-corrected chi connectivity index (χ0v) is 28.0. The molecule has 0 unspecified atom stereocenters. The Bertz CT molecular complexity index is 2240. The summed E-state index contributed by atoms with van der Waals surface area (Å²) >= 11 is 0. The van der Waals surface area contributed by atoms with Crippen LogP contribution in [0.4, 0.5) is 0 Å². The number of rotatable bonds is 2. The second-order valence-corrected chi connectivity index (χ2v) is 16.9. The van der Waals surface area contributed by atoms with E-state index in [9.17, 15) is 5.11 Å². The van der Waals surface area contributed by atoms with E-state index in [0.717, 1.165) is 55.8 Å². The van der Waals surface area contributed by atoms with Crippen LogP contribution in [-0.2, 0) is 26.5 Å². The van der Waals surface area contributed by atoms with Crippen molar-refractivity contribution in [3.8, 4) is 34.1 Å². The second-order valence-electron chi connectivity index (χ2n) is 12.8. The molecule has 4 heterocycles. The van der Waals surface area contributed by atoms with Crippen molar-refractivity contribution in [3.63, 3.8) is 0 Å². The number of nitrogens with zero attached hydrogens (tertiary/aromatic N) is 4. The number of aromatic hydroxyl groups is 1. The van der Waals surface area contributed by atoms with Crippen LogP contribution in [-0.4, -0.2) is 32.1 Å². The molecule has 7 heteroatoms. The number of fused-ring (bicyclic) bond motifs is 8. The van der Waals surface area contributed by atoms with Gasteiger partial charge in [-0.2, -0.15) is 0 Å². The monoisotopic (exact) mass is 758 g/mol. The molecule has 1 N–H and O–H groups in total. The fraction of sp³-hybridized carbons (Fsp3) is 0.167. The Morgan fingerprint density at radius 2 is 1.60 bits per heavy atom. The predicted molar refractivity (Wildman–Crippen MR) is 174 cm³/mol. The first kappa shape index (κ1) is 27.8. The number of pyridine rings is 1. The third-order valence-electron chi connectivity index (χ3n) is 8.88. The number of phenolic OH excluding ortho intramolecular Hbond substituents is 1. The van der Waals surface area contributed by atoms with Gasteiger partial charge >= 0.3 is 0 Å². The molecule has 0 saturated heterocycles. The van der Waals surface area contributed by atoms with Crippen molar-refractivity contribution < 1.29 is 26.2 Å². The van der Waals surface area contributed by atoms with E-state index < -0.39 is 8.24 Å². The third kappa shape index (κ3) is 3.93. The summed E-state index contributed by atoms with van der Waals surface area (Å²) in [6.45, 7) is 11.3. The molecule has 8 rings (SSSR count). The maximum absolute atomic E-state index is 10.9. The van der Waals surface area contributed by atoms with E-state index in [0.29, 0.717) is 5.75 Å². The van der Waals surface area contributed by atoms with E-state index in [4.69, 9.17) is 9.97 Å². The molecule has 43 heavy (non-hydrogen) atoms. The van der Waals surface area contributed by atoms with Crippen molar-refractivity contribution in [2.45, 2.75) is 39.3 Å². The molecule has 1 aliphatic heterocycles. The van der Waals surface area contributed by atoms with Gasteiger partial charge in [0.05, 0.1) is 16.6 Å². The number of aromatic nitrogens is 4. The van der Waals surface area contributed by atoms with Gasteiger partial charge in [-0.05, 0) is 70.5 Å². The van der Waals surface area contributed by atoms with Crippen LogP contribution in [0.1, 0.15) is 26.3 Å². The van der Waals surface area contributed by atoms with Gasteiger partial charge in [0.15, 0.2) is 8.24 Å². The average Bonchev–Trinajstić information content (AvgIpc) is 3.59. The summed E-state index contributed by atoms with van der Waals surface area (Å²) in [5.41, 5.74) is 8.28. The molecule has 4 aromatic carbocycles. The number of imidazole rings is 1. The van der Waals surface area contributed by atoms with Crippen LogP contribution >= 0.6 is 0 Å². The molecule has 0 radical (unpaired) electrons.